The van der Waals surface area contributed by atoms with Gasteiger partial charge in [-0.2, -0.15) is 4.31 Å². The highest BCUT2D eigenvalue weighted by Crippen LogP contribution is 2.19. The minimum atomic E-state index is -3.50. The van der Waals surface area contributed by atoms with Crippen molar-refractivity contribution in [1.29, 1.82) is 0 Å². The molecule has 0 spiro atoms. The first kappa shape index (κ1) is 18.5. The maximum Gasteiger partial charge on any atom is 0.338 e. The van der Waals surface area contributed by atoms with Crippen molar-refractivity contribution in [3.63, 3.8) is 0 Å². The summed E-state index contributed by atoms with van der Waals surface area (Å²) >= 11 is 0. The van der Waals surface area contributed by atoms with Gasteiger partial charge in [0.15, 0.2) is 0 Å². The van der Waals surface area contributed by atoms with Gasteiger partial charge < -0.3 is 5.11 Å². The molecule has 1 fully saturated rings. The highest BCUT2D eigenvalue weighted by Gasteiger charge is 2.28. The molecule has 1 N–H and O–H groups in total. The lowest BCUT2D eigenvalue weighted by Gasteiger charge is -2.34. The van der Waals surface area contributed by atoms with Gasteiger partial charge in [-0.15, -0.1) is 0 Å². The molecule has 1 heterocycles. The van der Waals surface area contributed by atoms with Crippen LogP contribution in [-0.4, -0.2) is 54.9 Å². The predicted octanol–water partition coefficient (Wildman–Crippen LogP) is 2.03. The van der Waals surface area contributed by atoms with Crippen LogP contribution in [-0.2, 0) is 16.6 Å². The van der Waals surface area contributed by atoms with Gasteiger partial charge in [0.05, 0.1) is 10.5 Å². The molecule has 0 atom stereocenters. The van der Waals surface area contributed by atoms with Crippen LogP contribution < -0.4 is 0 Å². The zero-order valence-electron chi connectivity index (χ0n) is 14.0. The Morgan fingerprint density at radius 1 is 1.04 bits per heavy atom. The summed E-state index contributed by atoms with van der Waals surface area (Å²) in [6, 6.07) is 12.4. The van der Waals surface area contributed by atoms with Crippen LogP contribution in [0.5, 0.6) is 0 Å². The summed E-state index contributed by atoms with van der Waals surface area (Å²) in [7, 11) is -3.50. The predicted molar refractivity (Wildman–Crippen MR) is 93.8 cm³/mol. The van der Waals surface area contributed by atoms with Crippen LogP contribution in [0, 0.1) is 5.82 Å². The van der Waals surface area contributed by atoms with E-state index in [1.54, 1.807) is 36.4 Å². The van der Waals surface area contributed by atoms with E-state index in [0.29, 0.717) is 38.3 Å². The van der Waals surface area contributed by atoms with Crippen LogP contribution in [0.15, 0.2) is 53.4 Å². The molecule has 0 saturated carbocycles. The van der Waals surface area contributed by atoms with Crippen LogP contribution in [0.3, 0.4) is 0 Å². The molecule has 0 aromatic heterocycles. The Bertz CT molecular complexity index is 895. The van der Waals surface area contributed by atoms with Gasteiger partial charge in [0.25, 0.3) is 0 Å². The molecule has 0 radical (unpaired) electrons. The van der Waals surface area contributed by atoms with E-state index in [-0.39, 0.29) is 10.5 Å². The van der Waals surface area contributed by atoms with Crippen LogP contribution in [0.25, 0.3) is 0 Å². The summed E-state index contributed by atoms with van der Waals surface area (Å²) in [4.78, 5) is 13.2. The van der Waals surface area contributed by atoms with Gasteiger partial charge in [0, 0.05) is 32.7 Å². The van der Waals surface area contributed by atoms with Gasteiger partial charge >= 0.3 is 5.97 Å². The summed E-state index contributed by atoms with van der Waals surface area (Å²) in [5.74, 6) is -2.06. The smallest absolute Gasteiger partial charge is 0.338 e. The van der Waals surface area contributed by atoms with Crippen molar-refractivity contribution in [1.82, 2.24) is 9.21 Å². The van der Waals surface area contributed by atoms with Crippen molar-refractivity contribution in [2.75, 3.05) is 26.2 Å². The first-order chi connectivity index (χ1) is 12.4. The SMILES string of the molecule is O=C(O)c1ccc(CN2CCN(S(=O)(=O)c3ccccc3)CC2)cc1F. The van der Waals surface area contributed by atoms with Gasteiger partial charge in [-0.05, 0) is 29.8 Å². The molecule has 0 bridgehead atoms. The molecule has 3 rings (SSSR count). The van der Waals surface area contributed by atoms with Gasteiger partial charge in [0.1, 0.15) is 5.82 Å². The van der Waals surface area contributed by atoms with Crippen LogP contribution in [0.4, 0.5) is 4.39 Å². The fourth-order valence-electron chi connectivity index (χ4n) is 2.96. The fourth-order valence-corrected chi connectivity index (χ4v) is 4.40. The number of rotatable bonds is 5. The van der Waals surface area contributed by atoms with E-state index in [1.807, 2.05) is 4.90 Å². The van der Waals surface area contributed by atoms with Gasteiger partial charge in [-0.1, -0.05) is 24.3 Å². The highest BCUT2D eigenvalue weighted by atomic mass is 32.2. The Labute approximate surface area is 151 Å². The number of aromatic carboxylic acids is 1. The number of carbonyl (C=O) groups is 1. The van der Waals surface area contributed by atoms with Crippen molar-refractivity contribution in [3.8, 4) is 0 Å². The molecule has 0 amide bonds. The number of piperazine rings is 1. The number of benzene rings is 2. The van der Waals surface area contributed by atoms with E-state index in [1.165, 1.54) is 16.4 Å². The minimum Gasteiger partial charge on any atom is -0.478 e. The molecular weight excluding hydrogens is 359 g/mol. The number of hydrogen-bond donors (Lipinski definition) is 1. The van der Waals surface area contributed by atoms with Crippen LogP contribution in [0.1, 0.15) is 15.9 Å². The summed E-state index contributed by atoms with van der Waals surface area (Å²) in [6.45, 7) is 2.19. The lowest BCUT2D eigenvalue weighted by molar-refractivity contribution is 0.0692. The Kier molecular flexibility index (Phi) is 5.36. The van der Waals surface area contributed by atoms with Crippen molar-refractivity contribution in [2.45, 2.75) is 11.4 Å². The second-order valence-corrected chi connectivity index (χ2v) is 8.05. The second kappa shape index (κ2) is 7.53. The van der Waals surface area contributed by atoms with E-state index < -0.39 is 21.8 Å². The number of sulfonamides is 1. The fraction of sp³-hybridized carbons (Fsp3) is 0.278. The first-order valence-electron chi connectivity index (χ1n) is 8.17. The van der Waals surface area contributed by atoms with E-state index in [0.717, 1.165) is 0 Å². The first-order valence-corrected chi connectivity index (χ1v) is 9.61. The van der Waals surface area contributed by atoms with Crippen molar-refractivity contribution in [3.05, 3.63) is 65.5 Å². The number of hydrogen-bond acceptors (Lipinski definition) is 4. The third-order valence-electron chi connectivity index (χ3n) is 4.38. The van der Waals surface area contributed by atoms with Crippen molar-refractivity contribution >= 4 is 16.0 Å². The molecule has 1 aliphatic rings. The third kappa shape index (κ3) is 3.92. The van der Waals surface area contributed by atoms with E-state index >= 15 is 0 Å². The Morgan fingerprint density at radius 3 is 2.27 bits per heavy atom. The summed E-state index contributed by atoms with van der Waals surface area (Å²) < 4.78 is 40.4. The normalized spacial score (nSPS) is 16.5. The van der Waals surface area contributed by atoms with Crippen LogP contribution in [0.2, 0.25) is 0 Å². The zero-order valence-corrected chi connectivity index (χ0v) is 14.8. The molecular formula is C18H19FN2O4S. The zero-order chi connectivity index (χ0) is 18.7. The number of halogens is 1. The van der Waals surface area contributed by atoms with Crippen LogP contribution >= 0.6 is 0 Å². The molecule has 2 aromatic carbocycles. The molecule has 138 valence electrons. The number of nitrogens with zero attached hydrogens (tertiary/aromatic N) is 2. The monoisotopic (exact) mass is 378 g/mol. The number of carboxylic acids is 1. The lowest BCUT2D eigenvalue weighted by Crippen LogP contribution is -2.48. The largest absolute Gasteiger partial charge is 0.478 e. The topological polar surface area (TPSA) is 77.9 Å². The molecule has 2 aromatic rings. The van der Waals surface area contributed by atoms with Crippen molar-refractivity contribution < 1.29 is 22.7 Å². The maximum absolute atomic E-state index is 13.8. The summed E-state index contributed by atoms with van der Waals surface area (Å²) in [5, 5.41) is 8.86. The summed E-state index contributed by atoms with van der Waals surface area (Å²) in [5.41, 5.74) is 0.305. The van der Waals surface area contributed by atoms with Gasteiger partial charge in [-0.25, -0.2) is 17.6 Å². The second-order valence-electron chi connectivity index (χ2n) is 6.11. The lowest BCUT2D eigenvalue weighted by atomic mass is 10.1. The third-order valence-corrected chi connectivity index (χ3v) is 6.30. The van der Waals surface area contributed by atoms with Gasteiger partial charge in [-0.3, -0.25) is 4.90 Å². The highest BCUT2D eigenvalue weighted by molar-refractivity contribution is 7.89. The molecule has 6 nitrogen and oxygen atoms in total. The Morgan fingerprint density at radius 2 is 1.69 bits per heavy atom. The minimum absolute atomic E-state index is 0.278. The average Bonchev–Trinajstić information content (AvgIpc) is 2.63. The Hall–Kier alpha value is -2.29. The molecule has 0 unspecified atom stereocenters. The van der Waals surface area contributed by atoms with Crippen molar-refractivity contribution in [2.24, 2.45) is 0 Å². The molecule has 1 aliphatic heterocycles. The Balaban J connectivity index is 1.62. The molecule has 26 heavy (non-hydrogen) atoms. The molecule has 1 saturated heterocycles. The molecule has 0 aliphatic carbocycles. The average molecular weight is 378 g/mol. The van der Waals surface area contributed by atoms with E-state index in [2.05, 4.69) is 0 Å². The number of carboxylic acid groups (broad SMARTS) is 1. The van der Waals surface area contributed by atoms with Gasteiger partial charge in [0.2, 0.25) is 10.0 Å². The quantitative estimate of drug-likeness (QED) is 0.861. The van der Waals surface area contributed by atoms with E-state index in [4.69, 9.17) is 5.11 Å². The molecule has 8 heteroatoms. The van der Waals surface area contributed by atoms with E-state index in [9.17, 15) is 17.6 Å². The standard InChI is InChI=1S/C18H19FN2O4S/c19-17-12-14(6-7-16(17)18(22)23)13-20-8-10-21(11-9-20)26(24,25)15-4-2-1-3-5-15/h1-7,12H,8-11,13H2,(H,22,23). The maximum atomic E-state index is 13.8. The summed E-state index contributed by atoms with van der Waals surface area (Å²) in [6.07, 6.45) is 0.